The summed E-state index contributed by atoms with van der Waals surface area (Å²) in [5.41, 5.74) is 1.93. The van der Waals surface area contributed by atoms with Crippen molar-refractivity contribution < 1.29 is 4.39 Å². The number of thioether (sulfide) groups is 1. The van der Waals surface area contributed by atoms with E-state index >= 15 is 0 Å². The monoisotopic (exact) mass is 296 g/mol. The molecule has 100 valence electrons. The van der Waals surface area contributed by atoms with E-state index in [1.807, 2.05) is 13.8 Å². The van der Waals surface area contributed by atoms with Gasteiger partial charge in [0.25, 0.3) is 0 Å². The van der Waals surface area contributed by atoms with Crippen LogP contribution in [0, 0.1) is 12.7 Å². The molecule has 0 amide bonds. The molecule has 0 bridgehead atoms. The molecule has 2 rings (SSSR count). The molecule has 0 aliphatic carbocycles. The van der Waals surface area contributed by atoms with E-state index in [0.717, 1.165) is 22.6 Å². The lowest BCUT2D eigenvalue weighted by Gasteiger charge is -2.07. The molecule has 0 radical (unpaired) electrons. The zero-order valence-electron chi connectivity index (χ0n) is 10.8. The Balaban J connectivity index is 2.09. The van der Waals surface area contributed by atoms with E-state index in [1.54, 1.807) is 23.9 Å². The van der Waals surface area contributed by atoms with Crippen molar-refractivity contribution in [3.63, 3.8) is 0 Å². The Morgan fingerprint density at radius 3 is 2.47 bits per heavy atom. The molecule has 0 saturated carbocycles. The summed E-state index contributed by atoms with van der Waals surface area (Å²) in [6, 6.07) is 6.38. The summed E-state index contributed by atoms with van der Waals surface area (Å²) >= 11 is 7.69. The van der Waals surface area contributed by atoms with Crippen LogP contribution < -0.4 is 0 Å². The van der Waals surface area contributed by atoms with Crippen molar-refractivity contribution in [3.05, 3.63) is 52.3 Å². The third-order valence-electron chi connectivity index (χ3n) is 2.74. The van der Waals surface area contributed by atoms with Gasteiger partial charge in [0.15, 0.2) is 0 Å². The molecule has 0 N–H and O–H groups in total. The molecular formula is C14H14ClFN2S. The minimum absolute atomic E-state index is 0.230. The van der Waals surface area contributed by atoms with Crippen molar-refractivity contribution in [2.75, 3.05) is 0 Å². The molecular weight excluding hydrogens is 283 g/mol. The van der Waals surface area contributed by atoms with E-state index in [0.29, 0.717) is 16.7 Å². The molecule has 2 nitrogen and oxygen atoms in total. The van der Waals surface area contributed by atoms with E-state index in [1.165, 1.54) is 12.1 Å². The fourth-order valence-electron chi connectivity index (χ4n) is 1.76. The van der Waals surface area contributed by atoms with Crippen LogP contribution in [0.25, 0.3) is 0 Å². The Labute approximate surface area is 121 Å². The molecule has 2 aromatic rings. The van der Waals surface area contributed by atoms with Crippen molar-refractivity contribution in [3.8, 4) is 0 Å². The predicted molar refractivity (Wildman–Crippen MR) is 77.1 cm³/mol. The predicted octanol–water partition coefficient (Wildman–Crippen LogP) is 4.43. The number of aryl methyl sites for hydroxylation is 1. The second-order valence-electron chi connectivity index (χ2n) is 4.09. The van der Waals surface area contributed by atoms with Crippen molar-refractivity contribution in [2.24, 2.45) is 0 Å². The number of hydrogen-bond donors (Lipinski definition) is 0. The second-order valence-corrected chi connectivity index (χ2v) is 5.50. The van der Waals surface area contributed by atoms with Gasteiger partial charge in [-0.15, -0.1) is 11.8 Å². The number of nitrogens with zero attached hydrogens (tertiary/aromatic N) is 2. The van der Waals surface area contributed by atoms with Crippen molar-refractivity contribution in [1.82, 2.24) is 9.97 Å². The molecule has 0 saturated heterocycles. The lowest BCUT2D eigenvalue weighted by atomic mass is 10.2. The molecule has 0 aliphatic rings. The van der Waals surface area contributed by atoms with E-state index in [-0.39, 0.29) is 5.82 Å². The molecule has 0 spiro atoms. The van der Waals surface area contributed by atoms with Crippen LogP contribution in [0.4, 0.5) is 4.39 Å². The molecule has 0 fully saturated rings. The van der Waals surface area contributed by atoms with Crippen LogP contribution in [0.2, 0.25) is 5.15 Å². The van der Waals surface area contributed by atoms with E-state index in [2.05, 4.69) is 9.97 Å². The molecule has 5 heteroatoms. The highest BCUT2D eigenvalue weighted by atomic mass is 35.5. The number of halogens is 2. The largest absolute Gasteiger partial charge is 0.237 e. The Morgan fingerprint density at radius 2 is 1.89 bits per heavy atom. The minimum atomic E-state index is -0.230. The summed E-state index contributed by atoms with van der Waals surface area (Å²) in [5, 5.41) is 0.532. The van der Waals surface area contributed by atoms with Gasteiger partial charge in [-0.3, -0.25) is 0 Å². The van der Waals surface area contributed by atoms with Gasteiger partial charge in [0, 0.05) is 16.2 Å². The number of hydrogen-bond acceptors (Lipinski definition) is 3. The van der Waals surface area contributed by atoms with Gasteiger partial charge in [-0.2, -0.15) is 0 Å². The summed E-state index contributed by atoms with van der Waals surface area (Å²) in [4.78, 5) is 9.73. The maximum Gasteiger partial charge on any atom is 0.140 e. The van der Waals surface area contributed by atoms with Crippen LogP contribution in [0.5, 0.6) is 0 Å². The third-order valence-corrected chi connectivity index (χ3v) is 4.07. The van der Waals surface area contributed by atoms with Gasteiger partial charge in [-0.25, -0.2) is 14.4 Å². The summed E-state index contributed by atoms with van der Waals surface area (Å²) in [6.07, 6.45) is 0.829. The van der Waals surface area contributed by atoms with Crippen molar-refractivity contribution in [2.45, 2.75) is 30.9 Å². The normalized spacial score (nSPS) is 10.7. The first kappa shape index (κ1) is 14.3. The molecule has 1 aromatic carbocycles. The summed E-state index contributed by atoms with van der Waals surface area (Å²) < 4.78 is 12.8. The standard InChI is InChI=1S/C14H14ClFN2S/c1-3-12-9(2)17-13(18-14(12)15)8-19-11-6-4-10(16)5-7-11/h4-7H,3,8H2,1-2H3. The first-order valence-electron chi connectivity index (χ1n) is 6.00. The topological polar surface area (TPSA) is 25.8 Å². The first-order chi connectivity index (χ1) is 9.10. The maximum absolute atomic E-state index is 12.8. The summed E-state index contributed by atoms with van der Waals surface area (Å²) in [5.74, 6) is 1.09. The highest BCUT2D eigenvalue weighted by Crippen LogP contribution is 2.23. The fraction of sp³-hybridized carbons (Fsp3) is 0.286. The quantitative estimate of drug-likeness (QED) is 0.616. The minimum Gasteiger partial charge on any atom is -0.237 e. The van der Waals surface area contributed by atoms with Crippen LogP contribution in [-0.2, 0) is 12.2 Å². The van der Waals surface area contributed by atoms with Crippen molar-refractivity contribution >= 4 is 23.4 Å². The molecule has 0 atom stereocenters. The van der Waals surface area contributed by atoms with Gasteiger partial charge in [-0.05, 0) is 37.6 Å². The molecule has 1 heterocycles. The summed E-state index contributed by atoms with van der Waals surface area (Å²) in [7, 11) is 0. The van der Waals surface area contributed by atoms with E-state index in [9.17, 15) is 4.39 Å². The van der Waals surface area contributed by atoms with Crippen molar-refractivity contribution in [1.29, 1.82) is 0 Å². The lowest BCUT2D eigenvalue weighted by Crippen LogP contribution is -2.01. The average molecular weight is 297 g/mol. The Kier molecular flexibility index (Phi) is 4.77. The molecule has 0 aliphatic heterocycles. The average Bonchev–Trinajstić information content (AvgIpc) is 2.38. The fourth-order valence-corrected chi connectivity index (χ4v) is 2.88. The van der Waals surface area contributed by atoms with E-state index in [4.69, 9.17) is 11.6 Å². The summed E-state index contributed by atoms with van der Waals surface area (Å²) in [6.45, 7) is 3.98. The molecule has 1 aromatic heterocycles. The zero-order chi connectivity index (χ0) is 13.8. The van der Waals surface area contributed by atoms with Crippen LogP contribution in [0.3, 0.4) is 0 Å². The van der Waals surface area contributed by atoms with Gasteiger partial charge in [0.2, 0.25) is 0 Å². The van der Waals surface area contributed by atoms with Crippen LogP contribution in [0.1, 0.15) is 24.0 Å². The van der Waals surface area contributed by atoms with Gasteiger partial charge in [0.1, 0.15) is 16.8 Å². The SMILES string of the molecule is CCc1c(C)nc(CSc2ccc(F)cc2)nc1Cl. The molecule has 0 unspecified atom stereocenters. The number of rotatable bonds is 4. The van der Waals surface area contributed by atoms with Crippen LogP contribution in [0.15, 0.2) is 29.2 Å². The maximum atomic E-state index is 12.8. The van der Waals surface area contributed by atoms with Gasteiger partial charge in [-0.1, -0.05) is 18.5 Å². The van der Waals surface area contributed by atoms with Crippen LogP contribution >= 0.6 is 23.4 Å². The Morgan fingerprint density at radius 1 is 1.21 bits per heavy atom. The number of benzene rings is 1. The second kappa shape index (κ2) is 6.35. The van der Waals surface area contributed by atoms with E-state index < -0.39 is 0 Å². The van der Waals surface area contributed by atoms with Crippen LogP contribution in [-0.4, -0.2) is 9.97 Å². The van der Waals surface area contributed by atoms with Gasteiger partial charge < -0.3 is 0 Å². The lowest BCUT2D eigenvalue weighted by molar-refractivity contribution is 0.626. The first-order valence-corrected chi connectivity index (χ1v) is 7.36. The third kappa shape index (κ3) is 3.67. The highest BCUT2D eigenvalue weighted by molar-refractivity contribution is 7.98. The Bertz CT molecular complexity index is 549. The van der Waals surface area contributed by atoms with Gasteiger partial charge in [0.05, 0.1) is 5.75 Å². The zero-order valence-corrected chi connectivity index (χ0v) is 12.4. The number of aromatic nitrogens is 2. The smallest absolute Gasteiger partial charge is 0.140 e. The Hall–Kier alpha value is -1.13. The van der Waals surface area contributed by atoms with Gasteiger partial charge >= 0.3 is 0 Å². The highest BCUT2D eigenvalue weighted by Gasteiger charge is 2.08. The molecule has 19 heavy (non-hydrogen) atoms.